The molecular formula is C25H56O5Si2. The lowest BCUT2D eigenvalue weighted by Crippen LogP contribution is -2.51. The number of aliphatic hydroxyl groups is 2. The molecule has 0 spiro atoms. The molecule has 0 amide bonds. The summed E-state index contributed by atoms with van der Waals surface area (Å²) in [6.45, 7) is 24.9. The number of hydrogen-bond acceptors (Lipinski definition) is 5. The van der Waals surface area contributed by atoms with Gasteiger partial charge >= 0.3 is 0 Å². The Kier molecular flexibility index (Phi) is 13.5. The first-order valence-electron chi connectivity index (χ1n) is 12.7. The molecule has 0 aliphatic heterocycles. The van der Waals surface area contributed by atoms with Gasteiger partial charge in [0.1, 0.15) is 0 Å². The zero-order valence-corrected chi connectivity index (χ0v) is 25.4. The lowest BCUT2D eigenvalue weighted by atomic mass is 9.76. The van der Waals surface area contributed by atoms with Crippen LogP contribution in [0.5, 0.6) is 0 Å². The third kappa shape index (κ3) is 8.78. The van der Waals surface area contributed by atoms with Crippen LogP contribution < -0.4 is 0 Å². The van der Waals surface area contributed by atoms with Crippen LogP contribution in [0.2, 0.25) is 36.3 Å². The average molecular weight is 493 g/mol. The van der Waals surface area contributed by atoms with Gasteiger partial charge in [0.15, 0.2) is 16.6 Å². The Bertz CT molecular complexity index is 507. The zero-order chi connectivity index (χ0) is 25.4. The second kappa shape index (κ2) is 13.4. The summed E-state index contributed by atoms with van der Waals surface area (Å²) in [6.07, 6.45) is 0.187. The molecule has 2 N–H and O–H groups in total. The largest absolute Gasteiger partial charge is 0.416 e. The van der Waals surface area contributed by atoms with Crippen molar-refractivity contribution in [3.05, 3.63) is 0 Å². The molecule has 0 aromatic rings. The van der Waals surface area contributed by atoms with Crippen LogP contribution >= 0.6 is 0 Å². The Labute approximate surface area is 201 Å². The standard InChI is InChI=1S/C25H56O5Si2/c1-13-32(14-2,15-3)30-23(16-17-26)25(8,9)22(27)18-21(28-10)20(4)19-29-31(11,12)24(5,6)7/h20-23,26-27H,13-19H2,1-12H3/t20-,21-,22-,23-/m0/s1. The molecule has 194 valence electrons. The summed E-state index contributed by atoms with van der Waals surface area (Å²) in [4.78, 5) is 0. The normalized spacial score (nSPS) is 17.8. The van der Waals surface area contributed by atoms with E-state index >= 15 is 0 Å². The van der Waals surface area contributed by atoms with Gasteiger partial charge in [0.05, 0.1) is 18.3 Å². The van der Waals surface area contributed by atoms with Gasteiger partial charge in [0.25, 0.3) is 0 Å². The lowest BCUT2D eigenvalue weighted by Gasteiger charge is -2.44. The van der Waals surface area contributed by atoms with E-state index in [9.17, 15) is 10.2 Å². The van der Waals surface area contributed by atoms with E-state index in [2.05, 4.69) is 75.4 Å². The molecule has 0 aliphatic carbocycles. The number of aliphatic hydroxyl groups excluding tert-OH is 2. The molecule has 4 atom stereocenters. The van der Waals surface area contributed by atoms with Gasteiger partial charge in [-0.3, -0.25) is 0 Å². The van der Waals surface area contributed by atoms with Crippen molar-refractivity contribution in [1.29, 1.82) is 0 Å². The van der Waals surface area contributed by atoms with Crippen LogP contribution in [0.15, 0.2) is 0 Å². The first kappa shape index (κ1) is 32.2. The molecule has 0 saturated heterocycles. The maximum Gasteiger partial charge on any atom is 0.192 e. The number of rotatable bonds is 16. The Hall–Kier alpha value is 0.234. The van der Waals surface area contributed by atoms with Crippen molar-refractivity contribution < 1.29 is 23.8 Å². The Morgan fingerprint density at radius 1 is 0.938 bits per heavy atom. The Balaban J connectivity index is 5.39. The second-order valence-electron chi connectivity index (χ2n) is 11.8. The fourth-order valence-electron chi connectivity index (χ4n) is 3.96. The number of ether oxygens (including phenoxy) is 1. The van der Waals surface area contributed by atoms with Gasteiger partial charge in [-0.15, -0.1) is 0 Å². The third-order valence-corrected chi connectivity index (χ3v) is 17.5. The van der Waals surface area contributed by atoms with E-state index in [1.807, 2.05) is 0 Å². The van der Waals surface area contributed by atoms with Gasteiger partial charge in [-0.1, -0.05) is 62.3 Å². The van der Waals surface area contributed by atoms with E-state index in [0.717, 1.165) is 18.1 Å². The quantitative estimate of drug-likeness (QED) is 0.251. The smallest absolute Gasteiger partial charge is 0.192 e. The first-order chi connectivity index (χ1) is 14.6. The predicted molar refractivity (Wildman–Crippen MR) is 141 cm³/mol. The van der Waals surface area contributed by atoms with Crippen molar-refractivity contribution in [2.24, 2.45) is 11.3 Å². The van der Waals surface area contributed by atoms with Crippen molar-refractivity contribution in [3.8, 4) is 0 Å². The van der Waals surface area contributed by atoms with Gasteiger partial charge in [0, 0.05) is 38.1 Å². The Morgan fingerprint density at radius 2 is 1.44 bits per heavy atom. The van der Waals surface area contributed by atoms with E-state index in [4.69, 9.17) is 13.6 Å². The number of hydrogen-bond donors (Lipinski definition) is 2. The van der Waals surface area contributed by atoms with Crippen LogP contribution in [0.25, 0.3) is 0 Å². The molecule has 0 rings (SSSR count). The van der Waals surface area contributed by atoms with Gasteiger partial charge < -0.3 is 23.8 Å². The van der Waals surface area contributed by atoms with Crippen molar-refractivity contribution in [2.45, 2.75) is 130 Å². The van der Waals surface area contributed by atoms with E-state index in [1.54, 1.807) is 7.11 Å². The molecule has 5 nitrogen and oxygen atoms in total. The molecule has 0 heterocycles. The highest BCUT2D eigenvalue weighted by Crippen LogP contribution is 2.39. The van der Waals surface area contributed by atoms with Gasteiger partial charge in [0.2, 0.25) is 0 Å². The topological polar surface area (TPSA) is 68.2 Å². The lowest BCUT2D eigenvalue weighted by molar-refractivity contribution is -0.0806. The van der Waals surface area contributed by atoms with Crippen molar-refractivity contribution in [2.75, 3.05) is 20.3 Å². The summed E-state index contributed by atoms with van der Waals surface area (Å²) < 4.78 is 19.0. The summed E-state index contributed by atoms with van der Waals surface area (Å²) in [6, 6.07) is 3.16. The summed E-state index contributed by atoms with van der Waals surface area (Å²) in [5, 5.41) is 21.2. The first-order valence-corrected chi connectivity index (χ1v) is 18.1. The second-order valence-corrected chi connectivity index (χ2v) is 21.3. The van der Waals surface area contributed by atoms with E-state index in [-0.39, 0.29) is 29.8 Å². The highest BCUT2D eigenvalue weighted by Gasteiger charge is 2.43. The fraction of sp³-hybridized carbons (Fsp3) is 1.00. The molecule has 0 aromatic carbocycles. The van der Waals surface area contributed by atoms with E-state index in [1.165, 1.54) is 0 Å². The van der Waals surface area contributed by atoms with Gasteiger partial charge in [-0.25, -0.2) is 0 Å². The molecule has 0 radical (unpaired) electrons. The minimum Gasteiger partial charge on any atom is -0.416 e. The molecular weight excluding hydrogens is 436 g/mol. The minimum atomic E-state index is -1.86. The molecule has 7 heteroatoms. The molecule has 0 bridgehead atoms. The van der Waals surface area contributed by atoms with Crippen molar-refractivity contribution >= 4 is 16.6 Å². The van der Waals surface area contributed by atoms with E-state index in [0.29, 0.717) is 19.4 Å². The highest BCUT2D eigenvalue weighted by atomic mass is 28.4. The van der Waals surface area contributed by atoms with Crippen LogP contribution in [0.1, 0.15) is 75.2 Å². The minimum absolute atomic E-state index is 0.0624. The highest BCUT2D eigenvalue weighted by molar-refractivity contribution is 6.74. The van der Waals surface area contributed by atoms with E-state index < -0.39 is 28.2 Å². The van der Waals surface area contributed by atoms with Crippen LogP contribution in [0, 0.1) is 11.3 Å². The summed E-state index contributed by atoms with van der Waals surface area (Å²) in [5.74, 6) is 0.173. The molecule has 32 heavy (non-hydrogen) atoms. The van der Waals surface area contributed by atoms with Crippen LogP contribution in [0.3, 0.4) is 0 Å². The van der Waals surface area contributed by atoms with Crippen LogP contribution in [-0.4, -0.2) is 65.5 Å². The molecule has 0 unspecified atom stereocenters. The van der Waals surface area contributed by atoms with Crippen LogP contribution in [-0.2, 0) is 13.6 Å². The molecule has 0 fully saturated rings. The Morgan fingerprint density at radius 3 is 1.81 bits per heavy atom. The van der Waals surface area contributed by atoms with Gasteiger partial charge in [-0.2, -0.15) is 0 Å². The maximum absolute atomic E-state index is 11.3. The molecule has 0 aliphatic rings. The summed E-state index contributed by atoms with van der Waals surface area (Å²) >= 11 is 0. The zero-order valence-electron chi connectivity index (χ0n) is 23.4. The number of methoxy groups -OCH3 is 1. The maximum atomic E-state index is 11.3. The monoisotopic (exact) mass is 492 g/mol. The van der Waals surface area contributed by atoms with Crippen molar-refractivity contribution in [1.82, 2.24) is 0 Å². The summed E-state index contributed by atoms with van der Waals surface area (Å²) in [7, 11) is -1.98. The van der Waals surface area contributed by atoms with Crippen LogP contribution in [0.4, 0.5) is 0 Å². The predicted octanol–water partition coefficient (Wildman–Crippen LogP) is 6.21. The molecule has 0 saturated carbocycles. The fourth-order valence-corrected chi connectivity index (χ4v) is 8.10. The SMILES string of the molecule is CC[Si](CC)(CC)O[C@@H](CCO)C(C)(C)[C@@H](O)C[C@H](OC)[C@@H](C)CO[Si](C)(C)C(C)(C)C. The summed E-state index contributed by atoms with van der Waals surface area (Å²) in [5.41, 5.74) is -0.489. The van der Waals surface area contributed by atoms with Gasteiger partial charge in [-0.05, 0) is 42.7 Å². The van der Waals surface area contributed by atoms with Crippen molar-refractivity contribution in [3.63, 3.8) is 0 Å². The molecule has 0 aromatic heterocycles. The third-order valence-electron chi connectivity index (χ3n) is 8.31. The average Bonchev–Trinajstić information content (AvgIpc) is 2.72.